The van der Waals surface area contributed by atoms with Crippen LogP contribution >= 0.6 is 0 Å². The molecule has 0 spiro atoms. The molecule has 3 rings (SSSR count). The molecule has 1 N–H and O–H groups in total. The molecule has 0 fully saturated rings. The summed E-state index contributed by atoms with van der Waals surface area (Å²) in [6.45, 7) is 8.72. The fourth-order valence-electron chi connectivity index (χ4n) is 3.69. The molecule has 150 valence electrons. The molecule has 0 radical (unpaired) electrons. The van der Waals surface area contributed by atoms with E-state index in [-0.39, 0.29) is 22.3 Å². The van der Waals surface area contributed by atoms with Crippen molar-refractivity contribution in [1.82, 2.24) is 9.97 Å². The van der Waals surface area contributed by atoms with E-state index in [2.05, 4.69) is 37.7 Å². The second-order valence-electron chi connectivity index (χ2n) is 8.60. The van der Waals surface area contributed by atoms with Crippen molar-refractivity contribution in [3.63, 3.8) is 0 Å². The second-order valence-corrected chi connectivity index (χ2v) is 10.4. The molecular formula is C20H25N3O4S. The molecule has 0 atom stereocenters. The Bertz CT molecular complexity index is 1030. The largest absolute Gasteiger partial charge is 0.478 e. The van der Waals surface area contributed by atoms with Crippen LogP contribution in [0, 0.1) is 0 Å². The fourth-order valence-corrected chi connectivity index (χ4v) is 4.58. The molecular weight excluding hydrogens is 378 g/mol. The average molecular weight is 404 g/mol. The molecule has 0 bridgehead atoms. The number of carbonyl (C=O) groups is 1. The van der Waals surface area contributed by atoms with Gasteiger partial charge in [0.1, 0.15) is 0 Å². The van der Waals surface area contributed by atoms with Crippen molar-refractivity contribution >= 4 is 27.6 Å². The Labute approximate surface area is 165 Å². The Kier molecular flexibility index (Phi) is 4.74. The first kappa shape index (κ1) is 20.3. The number of benzene rings is 1. The molecule has 0 saturated carbocycles. The number of nitrogens with zero attached hydrogens (tertiary/aromatic N) is 3. The highest BCUT2D eigenvalue weighted by molar-refractivity contribution is 7.92. The molecule has 0 saturated heterocycles. The van der Waals surface area contributed by atoms with Gasteiger partial charge in [-0.15, -0.1) is 0 Å². The summed E-state index contributed by atoms with van der Waals surface area (Å²) in [4.78, 5) is 19.0. The summed E-state index contributed by atoms with van der Waals surface area (Å²) < 4.78 is 26.1. The van der Waals surface area contributed by atoms with Gasteiger partial charge in [-0.1, -0.05) is 33.8 Å². The maximum absolute atomic E-state index is 12.5. The highest BCUT2D eigenvalue weighted by atomic mass is 32.2. The number of hydrogen-bond donors (Lipinski definition) is 1. The van der Waals surface area contributed by atoms with Gasteiger partial charge in [-0.3, -0.25) is 0 Å². The van der Waals surface area contributed by atoms with E-state index in [0.29, 0.717) is 5.69 Å². The predicted molar refractivity (Wildman–Crippen MR) is 108 cm³/mol. The Morgan fingerprint density at radius 2 is 1.57 bits per heavy atom. The zero-order chi connectivity index (χ0) is 20.9. The number of sulfonamides is 1. The summed E-state index contributed by atoms with van der Waals surface area (Å²) in [6, 6.07) is 5.64. The van der Waals surface area contributed by atoms with Crippen LogP contribution in [0.2, 0.25) is 0 Å². The van der Waals surface area contributed by atoms with Gasteiger partial charge in [-0.25, -0.2) is 27.5 Å². The molecule has 8 heteroatoms. The standard InChI is InChI=1S/C20H25N3O4S/c1-19(2)8-9-20(3,4)16-10-14(6-7-15(16)19)23(28(5,26)27)18-21-11-13(12-22-18)17(24)25/h6-7,10-12H,8-9H2,1-5H3,(H,24,25). The van der Waals surface area contributed by atoms with E-state index in [0.717, 1.165) is 41.4 Å². The molecule has 1 aliphatic carbocycles. The van der Waals surface area contributed by atoms with Gasteiger partial charge < -0.3 is 5.11 Å². The smallest absolute Gasteiger partial charge is 0.338 e. The summed E-state index contributed by atoms with van der Waals surface area (Å²) in [5.74, 6) is -1.25. The number of carboxylic acid groups (broad SMARTS) is 1. The lowest BCUT2D eigenvalue weighted by atomic mass is 9.63. The van der Waals surface area contributed by atoms with Gasteiger partial charge in [0.2, 0.25) is 16.0 Å². The lowest BCUT2D eigenvalue weighted by Gasteiger charge is -2.42. The Morgan fingerprint density at radius 3 is 2.07 bits per heavy atom. The highest BCUT2D eigenvalue weighted by Gasteiger charge is 2.38. The van der Waals surface area contributed by atoms with Crippen LogP contribution in [-0.4, -0.2) is 35.7 Å². The quantitative estimate of drug-likeness (QED) is 0.837. The molecule has 1 aliphatic rings. The summed E-state index contributed by atoms with van der Waals surface area (Å²) in [5, 5.41) is 9.02. The van der Waals surface area contributed by atoms with Crippen molar-refractivity contribution < 1.29 is 18.3 Å². The highest BCUT2D eigenvalue weighted by Crippen LogP contribution is 2.47. The number of carboxylic acids is 1. The lowest BCUT2D eigenvalue weighted by molar-refractivity contribution is 0.0696. The van der Waals surface area contributed by atoms with Crippen molar-refractivity contribution in [2.45, 2.75) is 51.4 Å². The molecule has 1 aromatic carbocycles. The van der Waals surface area contributed by atoms with E-state index in [4.69, 9.17) is 5.11 Å². The second kappa shape index (κ2) is 6.55. The van der Waals surface area contributed by atoms with E-state index in [9.17, 15) is 13.2 Å². The number of hydrogen-bond acceptors (Lipinski definition) is 5. The van der Waals surface area contributed by atoms with Crippen molar-refractivity contribution in [2.75, 3.05) is 10.6 Å². The molecule has 2 aromatic rings. The van der Waals surface area contributed by atoms with Gasteiger partial charge in [0, 0.05) is 12.4 Å². The lowest BCUT2D eigenvalue weighted by Crippen LogP contribution is -2.34. The van der Waals surface area contributed by atoms with Gasteiger partial charge in [0.05, 0.1) is 17.5 Å². The van der Waals surface area contributed by atoms with Crippen molar-refractivity contribution in [3.05, 3.63) is 47.3 Å². The normalized spacial score (nSPS) is 17.6. The van der Waals surface area contributed by atoms with Crippen LogP contribution in [0.25, 0.3) is 0 Å². The zero-order valence-corrected chi connectivity index (χ0v) is 17.5. The van der Waals surface area contributed by atoms with Crippen LogP contribution in [0.15, 0.2) is 30.6 Å². The Morgan fingerprint density at radius 1 is 1.04 bits per heavy atom. The average Bonchev–Trinajstić information content (AvgIpc) is 2.58. The first-order valence-electron chi connectivity index (χ1n) is 9.04. The van der Waals surface area contributed by atoms with Crippen LogP contribution < -0.4 is 4.31 Å². The van der Waals surface area contributed by atoms with Crippen LogP contribution in [0.3, 0.4) is 0 Å². The van der Waals surface area contributed by atoms with Crippen LogP contribution in [0.4, 0.5) is 11.6 Å². The number of rotatable bonds is 4. The van der Waals surface area contributed by atoms with Crippen LogP contribution in [-0.2, 0) is 20.9 Å². The van der Waals surface area contributed by atoms with Crippen molar-refractivity contribution in [2.24, 2.45) is 0 Å². The molecule has 1 aromatic heterocycles. The minimum absolute atomic E-state index is 0.0128. The topological polar surface area (TPSA) is 100 Å². The fraction of sp³-hybridized carbons (Fsp3) is 0.450. The first-order chi connectivity index (χ1) is 12.8. The molecule has 0 unspecified atom stereocenters. The predicted octanol–water partition coefficient (Wildman–Crippen LogP) is 3.62. The molecule has 1 heterocycles. The van der Waals surface area contributed by atoms with E-state index < -0.39 is 16.0 Å². The maximum Gasteiger partial charge on any atom is 0.338 e. The summed E-state index contributed by atoms with van der Waals surface area (Å²) in [7, 11) is -3.74. The summed E-state index contributed by atoms with van der Waals surface area (Å²) in [5.41, 5.74) is 2.58. The SMILES string of the molecule is CC1(C)CCC(C)(C)c2cc(N(c3ncc(C(=O)O)cn3)S(C)(=O)=O)ccc21. The van der Waals surface area contributed by atoms with Gasteiger partial charge in [0.15, 0.2) is 0 Å². The van der Waals surface area contributed by atoms with Gasteiger partial charge >= 0.3 is 5.97 Å². The zero-order valence-electron chi connectivity index (χ0n) is 16.7. The molecule has 7 nitrogen and oxygen atoms in total. The third-order valence-electron chi connectivity index (χ3n) is 5.47. The van der Waals surface area contributed by atoms with Gasteiger partial charge in [0.25, 0.3) is 0 Å². The van der Waals surface area contributed by atoms with Crippen molar-refractivity contribution in [3.8, 4) is 0 Å². The number of aromatic carboxylic acids is 1. The third-order valence-corrected chi connectivity index (χ3v) is 6.51. The number of fused-ring (bicyclic) bond motifs is 1. The van der Waals surface area contributed by atoms with E-state index in [1.807, 2.05) is 12.1 Å². The first-order valence-corrected chi connectivity index (χ1v) is 10.9. The maximum atomic E-state index is 12.5. The summed E-state index contributed by atoms with van der Waals surface area (Å²) >= 11 is 0. The van der Waals surface area contributed by atoms with E-state index in [1.54, 1.807) is 6.07 Å². The molecule has 0 amide bonds. The molecule has 28 heavy (non-hydrogen) atoms. The van der Waals surface area contributed by atoms with Gasteiger partial charge in [-0.2, -0.15) is 0 Å². The van der Waals surface area contributed by atoms with Crippen molar-refractivity contribution in [1.29, 1.82) is 0 Å². The van der Waals surface area contributed by atoms with Crippen LogP contribution in [0.5, 0.6) is 0 Å². The number of anilines is 2. The van der Waals surface area contributed by atoms with Gasteiger partial charge in [-0.05, 0) is 46.9 Å². The minimum atomic E-state index is -3.74. The summed E-state index contributed by atoms with van der Waals surface area (Å²) in [6.07, 6.45) is 5.35. The molecule has 0 aliphatic heterocycles. The number of aromatic nitrogens is 2. The van der Waals surface area contributed by atoms with Crippen LogP contribution in [0.1, 0.15) is 62.0 Å². The minimum Gasteiger partial charge on any atom is -0.478 e. The Hall–Kier alpha value is -2.48. The monoisotopic (exact) mass is 403 g/mol. The third kappa shape index (κ3) is 3.61. The van der Waals surface area contributed by atoms with E-state index >= 15 is 0 Å². The Balaban J connectivity index is 2.17. The van der Waals surface area contributed by atoms with E-state index in [1.165, 1.54) is 5.56 Å².